The summed E-state index contributed by atoms with van der Waals surface area (Å²) in [5.74, 6) is -1.64. The van der Waals surface area contributed by atoms with Gasteiger partial charge in [-0.15, -0.1) is 0 Å². The van der Waals surface area contributed by atoms with Crippen molar-refractivity contribution >= 4 is 18.0 Å². The number of aliphatic hydroxyl groups excluding tert-OH is 1. The van der Waals surface area contributed by atoms with Gasteiger partial charge in [-0.25, -0.2) is 9.59 Å². The zero-order valence-electron chi connectivity index (χ0n) is 17.7. The number of nitrogens with zero attached hydrogens (tertiary/aromatic N) is 1. The second-order valence-electron chi connectivity index (χ2n) is 8.36. The summed E-state index contributed by atoms with van der Waals surface area (Å²) >= 11 is 0. The number of aliphatic hydroxyl groups is 1. The van der Waals surface area contributed by atoms with Crippen molar-refractivity contribution in [3.63, 3.8) is 0 Å². The number of aliphatic carboxylic acids is 1. The van der Waals surface area contributed by atoms with E-state index in [1.165, 1.54) is 0 Å². The van der Waals surface area contributed by atoms with Gasteiger partial charge in [0.05, 0.1) is 6.10 Å². The zero-order chi connectivity index (χ0) is 22.8. The molecule has 0 radical (unpaired) electrons. The van der Waals surface area contributed by atoms with Crippen LogP contribution in [0.25, 0.3) is 11.1 Å². The van der Waals surface area contributed by atoms with E-state index in [1.54, 1.807) is 6.92 Å². The van der Waals surface area contributed by atoms with Crippen LogP contribution in [-0.4, -0.2) is 64.4 Å². The SMILES string of the molecule is C[C@@H](CC(=O)N1C[C@H](O)C[C@H]1C(=O)O)NC(=O)OCC1c2ccccc2-c2ccccc21. The van der Waals surface area contributed by atoms with Gasteiger partial charge >= 0.3 is 12.1 Å². The minimum Gasteiger partial charge on any atom is -0.480 e. The molecule has 3 atom stereocenters. The summed E-state index contributed by atoms with van der Waals surface area (Å²) in [4.78, 5) is 37.3. The van der Waals surface area contributed by atoms with Crippen LogP contribution >= 0.6 is 0 Å². The van der Waals surface area contributed by atoms with E-state index in [4.69, 9.17) is 4.74 Å². The fourth-order valence-electron chi connectivity index (χ4n) is 4.60. The molecule has 1 aliphatic carbocycles. The third kappa shape index (κ3) is 4.31. The smallest absolute Gasteiger partial charge is 0.407 e. The molecule has 0 unspecified atom stereocenters. The highest BCUT2D eigenvalue weighted by atomic mass is 16.5. The average molecular weight is 438 g/mol. The number of carbonyl (C=O) groups is 3. The largest absolute Gasteiger partial charge is 0.480 e. The predicted molar refractivity (Wildman–Crippen MR) is 116 cm³/mol. The number of alkyl carbamates (subject to hydrolysis) is 1. The van der Waals surface area contributed by atoms with Crippen molar-refractivity contribution in [1.29, 1.82) is 0 Å². The number of carbonyl (C=O) groups excluding carboxylic acids is 2. The summed E-state index contributed by atoms with van der Waals surface area (Å²) in [7, 11) is 0. The Morgan fingerprint density at radius 3 is 2.28 bits per heavy atom. The minimum absolute atomic E-state index is 0.00919. The van der Waals surface area contributed by atoms with Crippen LogP contribution in [0, 0.1) is 0 Å². The van der Waals surface area contributed by atoms with E-state index < -0.39 is 36.2 Å². The molecule has 168 valence electrons. The highest BCUT2D eigenvalue weighted by Gasteiger charge is 2.39. The summed E-state index contributed by atoms with van der Waals surface area (Å²) in [6.07, 6.45) is -1.57. The van der Waals surface area contributed by atoms with E-state index >= 15 is 0 Å². The van der Waals surface area contributed by atoms with Gasteiger partial charge in [-0.3, -0.25) is 4.79 Å². The van der Waals surface area contributed by atoms with Crippen molar-refractivity contribution in [3.05, 3.63) is 59.7 Å². The van der Waals surface area contributed by atoms with Crippen LogP contribution in [0.15, 0.2) is 48.5 Å². The Morgan fingerprint density at radius 1 is 1.09 bits per heavy atom. The number of ether oxygens (including phenoxy) is 1. The van der Waals surface area contributed by atoms with Crippen LogP contribution in [0.1, 0.15) is 36.8 Å². The fraction of sp³-hybridized carbons (Fsp3) is 0.375. The van der Waals surface area contributed by atoms with Crippen molar-refractivity contribution in [2.45, 2.75) is 43.9 Å². The minimum atomic E-state index is -1.15. The lowest BCUT2D eigenvalue weighted by Gasteiger charge is -2.23. The van der Waals surface area contributed by atoms with Gasteiger partial charge in [0.1, 0.15) is 12.6 Å². The number of rotatable bonds is 6. The van der Waals surface area contributed by atoms with Gasteiger partial charge in [-0.2, -0.15) is 0 Å². The van der Waals surface area contributed by atoms with E-state index in [1.807, 2.05) is 36.4 Å². The molecule has 1 fully saturated rings. The maximum Gasteiger partial charge on any atom is 0.407 e. The average Bonchev–Trinajstić information content (AvgIpc) is 3.31. The second-order valence-corrected chi connectivity index (χ2v) is 8.36. The first-order valence-electron chi connectivity index (χ1n) is 10.7. The van der Waals surface area contributed by atoms with Gasteiger partial charge in [-0.05, 0) is 29.2 Å². The lowest BCUT2D eigenvalue weighted by molar-refractivity contribution is -0.148. The van der Waals surface area contributed by atoms with Crippen LogP contribution in [-0.2, 0) is 14.3 Å². The highest BCUT2D eigenvalue weighted by Crippen LogP contribution is 2.44. The number of β-amino-alcohol motifs (C(OH)–C–C–N with tert-alkyl or cyclic N) is 1. The van der Waals surface area contributed by atoms with Gasteiger partial charge in [0.25, 0.3) is 0 Å². The van der Waals surface area contributed by atoms with Gasteiger partial charge in [0.2, 0.25) is 5.91 Å². The Bertz CT molecular complexity index is 993. The van der Waals surface area contributed by atoms with Crippen LogP contribution < -0.4 is 5.32 Å². The number of benzene rings is 2. The topological polar surface area (TPSA) is 116 Å². The summed E-state index contributed by atoms with van der Waals surface area (Å²) in [6.45, 7) is 1.80. The van der Waals surface area contributed by atoms with Crippen molar-refractivity contribution in [3.8, 4) is 11.1 Å². The first-order chi connectivity index (χ1) is 15.3. The van der Waals surface area contributed by atoms with Crippen molar-refractivity contribution < 1.29 is 29.3 Å². The Hall–Kier alpha value is -3.39. The third-order valence-electron chi connectivity index (χ3n) is 6.07. The van der Waals surface area contributed by atoms with Crippen molar-refractivity contribution in [1.82, 2.24) is 10.2 Å². The highest BCUT2D eigenvalue weighted by molar-refractivity contribution is 5.85. The molecule has 0 saturated carbocycles. The number of hydrogen-bond donors (Lipinski definition) is 3. The molecule has 8 nitrogen and oxygen atoms in total. The Kier molecular flexibility index (Phi) is 6.14. The quantitative estimate of drug-likeness (QED) is 0.638. The molecule has 8 heteroatoms. The maximum atomic E-state index is 12.5. The molecule has 1 saturated heterocycles. The zero-order valence-corrected chi connectivity index (χ0v) is 17.7. The molecule has 1 aliphatic heterocycles. The van der Waals surface area contributed by atoms with Crippen LogP contribution in [0.5, 0.6) is 0 Å². The molecule has 2 aliphatic rings. The Labute approximate surface area is 185 Å². The summed E-state index contributed by atoms with van der Waals surface area (Å²) in [5.41, 5.74) is 4.49. The molecule has 3 N–H and O–H groups in total. The van der Waals surface area contributed by atoms with Crippen LogP contribution in [0.2, 0.25) is 0 Å². The molecular weight excluding hydrogens is 412 g/mol. The summed E-state index contributed by atoms with van der Waals surface area (Å²) in [5, 5.41) is 21.6. The van der Waals surface area contributed by atoms with E-state index in [0.29, 0.717) is 0 Å². The monoisotopic (exact) mass is 438 g/mol. The molecule has 0 bridgehead atoms. The number of hydrogen-bond acceptors (Lipinski definition) is 5. The van der Waals surface area contributed by atoms with E-state index in [9.17, 15) is 24.6 Å². The number of amides is 2. The summed E-state index contributed by atoms with van der Waals surface area (Å²) in [6, 6.07) is 14.5. The molecule has 1 heterocycles. The normalized spacial score (nSPS) is 20.4. The fourth-order valence-corrected chi connectivity index (χ4v) is 4.60. The van der Waals surface area contributed by atoms with Crippen molar-refractivity contribution in [2.75, 3.05) is 13.2 Å². The third-order valence-corrected chi connectivity index (χ3v) is 6.07. The molecule has 2 aromatic carbocycles. The molecule has 2 amide bonds. The second kappa shape index (κ2) is 9.00. The van der Waals surface area contributed by atoms with Crippen LogP contribution in [0.4, 0.5) is 4.79 Å². The number of carboxylic acids is 1. The number of nitrogens with one attached hydrogen (secondary N) is 1. The van der Waals surface area contributed by atoms with Gasteiger partial charge in [0, 0.05) is 31.3 Å². The Morgan fingerprint density at radius 2 is 1.69 bits per heavy atom. The lowest BCUT2D eigenvalue weighted by atomic mass is 9.98. The molecule has 0 aromatic heterocycles. The summed E-state index contributed by atoms with van der Waals surface area (Å²) < 4.78 is 5.48. The van der Waals surface area contributed by atoms with Gasteiger partial charge in [-0.1, -0.05) is 48.5 Å². The standard InChI is InChI=1S/C24H26N2O6/c1-14(10-22(28)26-12-15(27)11-21(26)23(29)30)25-24(31)32-13-20-18-8-4-2-6-16(18)17-7-3-5-9-19(17)20/h2-9,14-15,20-21,27H,10-13H2,1H3,(H,25,31)(H,29,30)/t14-,15+,21-/m0/s1. The number of carboxylic acid groups (broad SMARTS) is 1. The number of fused-ring (bicyclic) bond motifs is 3. The molecule has 2 aromatic rings. The van der Waals surface area contributed by atoms with Gasteiger partial charge < -0.3 is 25.2 Å². The van der Waals surface area contributed by atoms with E-state index in [2.05, 4.69) is 17.4 Å². The molecular formula is C24H26N2O6. The van der Waals surface area contributed by atoms with Crippen LogP contribution in [0.3, 0.4) is 0 Å². The number of likely N-dealkylation sites (tertiary alicyclic amines) is 1. The van der Waals surface area contributed by atoms with E-state index in [0.717, 1.165) is 27.2 Å². The van der Waals surface area contributed by atoms with Crippen molar-refractivity contribution in [2.24, 2.45) is 0 Å². The molecule has 0 spiro atoms. The molecule has 4 rings (SSSR count). The first kappa shape index (κ1) is 21.8. The maximum absolute atomic E-state index is 12.5. The predicted octanol–water partition coefficient (Wildman–Crippen LogP) is 2.35. The Balaban J connectivity index is 1.33. The van der Waals surface area contributed by atoms with E-state index in [-0.39, 0.29) is 31.9 Å². The molecule has 32 heavy (non-hydrogen) atoms. The first-order valence-corrected chi connectivity index (χ1v) is 10.7. The van der Waals surface area contributed by atoms with Gasteiger partial charge in [0.15, 0.2) is 0 Å². The lowest BCUT2D eigenvalue weighted by Crippen LogP contribution is -2.44.